The van der Waals surface area contributed by atoms with Gasteiger partial charge in [0, 0.05) is 5.25 Å². The van der Waals surface area contributed by atoms with E-state index in [-0.39, 0.29) is 11.4 Å². The molecule has 11 heavy (non-hydrogen) atoms. The normalized spacial score (nSPS) is 37.9. The van der Waals surface area contributed by atoms with Crippen molar-refractivity contribution in [2.75, 3.05) is 13.6 Å². The summed E-state index contributed by atoms with van der Waals surface area (Å²) in [6.07, 6.45) is 3.11. The predicted octanol–water partition coefficient (Wildman–Crippen LogP) is 0.665. The van der Waals surface area contributed by atoms with Gasteiger partial charge in [-0.3, -0.25) is 0 Å². The van der Waals surface area contributed by atoms with Crippen molar-refractivity contribution in [1.29, 1.82) is 0 Å². The van der Waals surface area contributed by atoms with Crippen LogP contribution >= 0.6 is 12.6 Å². The highest BCUT2D eigenvalue weighted by Crippen LogP contribution is 2.31. The molecule has 66 valence electrons. The highest BCUT2D eigenvalue weighted by Gasteiger charge is 2.31. The highest BCUT2D eigenvalue weighted by molar-refractivity contribution is 7.81. The molecular formula is C8H17NOS. The lowest BCUT2D eigenvalue weighted by Gasteiger charge is -2.15. The Morgan fingerprint density at radius 1 is 1.55 bits per heavy atom. The minimum absolute atomic E-state index is 0.174. The molecule has 1 aliphatic rings. The van der Waals surface area contributed by atoms with Gasteiger partial charge in [-0.1, -0.05) is 0 Å². The first kappa shape index (κ1) is 9.36. The molecule has 1 saturated carbocycles. The topological polar surface area (TPSA) is 32.3 Å². The van der Waals surface area contributed by atoms with Gasteiger partial charge >= 0.3 is 0 Å². The van der Waals surface area contributed by atoms with E-state index >= 15 is 0 Å². The smallest absolute Gasteiger partial charge is 0.0684 e. The van der Waals surface area contributed by atoms with Crippen molar-refractivity contribution >= 4 is 12.6 Å². The Balaban J connectivity index is 2.24. The van der Waals surface area contributed by atoms with Crippen molar-refractivity contribution in [1.82, 2.24) is 5.32 Å². The van der Waals surface area contributed by atoms with Crippen LogP contribution in [0.5, 0.6) is 0 Å². The fraction of sp³-hybridized carbons (Fsp3) is 1.00. The summed E-state index contributed by atoms with van der Waals surface area (Å²) in [5.74, 6) is 0.477. The summed E-state index contributed by atoms with van der Waals surface area (Å²) < 4.78 is 0. The van der Waals surface area contributed by atoms with Gasteiger partial charge < -0.3 is 10.4 Å². The number of thiol groups is 1. The van der Waals surface area contributed by atoms with Crippen LogP contribution < -0.4 is 5.32 Å². The summed E-state index contributed by atoms with van der Waals surface area (Å²) in [5, 5.41) is 12.9. The van der Waals surface area contributed by atoms with Gasteiger partial charge in [-0.25, -0.2) is 0 Å². The average molecular weight is 175 g/mol. The molecule has 2 nitrogen and oxygen atoms in total. The zero-order valence-electron chi connectivity index (χ0n) is 6.95. The first-order valence-corrected chi connectivity index (χ1v) is 4.78. The van der Waals surface area contributed by atoms with Gasteiger partial charge in [-0.2, -0.15) is 12.6 Å². The zero-order chi connectivity index (χ0) is 8.27. The van der Waals surface area contributed by atoms with Crippen LogP contribution in [-0.4, -0.2) is 30.1 Å². The summed E-state index contributed by atoms with van der Waals surface area (Å²) in [6.45, 7) is 1.00. The molecule has 2 N–H and O–H groups in total. The summed E-state index contributed by atoms with van der Waals surface area (Å²) in [7, 11) is 1.94. The molecule has 0 unspecified atom stereocenters. The molecule has 0 radical (unpaired) electrons. The van der Waals surface area contributed by atoms with Crippen LogP contribution in [0.1, 0.15) is 19.3 Å². The molecule has 0 saturated heterocycles. The molecule has 0 amide bonds. The number of hydrogen-bond donors (Lipinski definition) is 3. The third kappa shape index (κ3) is 2.36. The second-order valence-corrected chi connectivity index (χ2v) is 3.95. The van der Waals surface area contributed by atoms with Gasteiger partial charge in [0.25, 0.3) is 0 Å². The molecule has 0 heterocycles. The molecule has 1 rings (SSSR count). The van der Waals surface area contributed by atoms with Crippen molar-refractivity contribution in [2.24, 2.45) is 5.92 Å². The standard InChI is InChI=1S/C8H17NOS/c1-9-5-4-6-2-3-7(11)8(6)10/h6-11H,2-5H2,1H3/t6-,7+,8+/m0/s1. The van der Waals surface area contributed by atoms with Crippen LogP contribution in [0.4, 0.5) is 0 Å². The van der Waals surface area contributed by atoms with Crippen molar-refractivity contribution in [3.63, 3.8) is 0 Å². The van der Waals surface area contributed by atoms with Crippen LogP contribution in [0.15, 0.2) is 0 Å². The van der Waals surface area contributed by atoms with E-state index < -0.39 is 0 Å². The fourth-order valence-corrected chi connectivity index (χ4v) is 2.08. The van der Waals surface area contributed by atoms with Crippen LogP contribution in [0.2, 0.25) is 0 Å². The third-order valence-corrected chi connectivity index (χ3v) is 3.04. The molecule has 0 bridgehead atoms. The third-order valence-electron chi connectivity index (χ3n) is 2.48. The SMILES string of the molecule is CNCC[C@@H]1CC[C@@H](S)[C@@H]1O. The van der Waals surface area contributed by atoms with Crippen LogP contribution in [0.3, 0.4) is 0 Å². The predicted molar refractivity (Wildman–Crippen MR) is 50.0 cm³/mol. The number of nitrogens with one attached hydrogen (secondary N) is 1. The highest BCUT2D eigenvalue weighted by atomic mass is 32.1. The van der Waals surface area contributed by atoms with E-state index in [0.29, 0.717) is 5.92 Å². The maximum Gasteiger partial charge on any atom is 0.0684 e. The maximum absolute atomic E-state index is 9.58. The largest absolute Gasteiger partial charge is 0.392 e. The van der Waals surface area contributed by atoms with Gasteiger partial charge in [0.2, 0.25) is 0 Å². The molecule has 3 atom stereocenters. The van der Waals surface area contributed by atoms with E-state index in [1.807, 2.05) is 7.05 Å². The lowest BCUT2D eigenvalue weighted by atomic mass is 10.0. The number of aliphatic hydroxyl groups excluding tert-OH is 1. The van der Waals surface area contributed by atoms with E-state index in [1.165, 1.54) is 0 Å². The Hall–Kier alpha value is 0.270. The van der Waals surface area contributed by atoms with Crippen molar-refractivity contribution in [3.05, 3.63) is 0 Å². The van der Waals surface area contributed by atoms with Gasteiger partial charge in [0.05, 0.1) is 6.10 Å². The monoisotopic (exact) mass is 175 g/mol. The van der Waals surface area contributed by atoms with E-state index in [0.717, 1.165) is 25.8 Å². The van der Waals surface area contributed by atoms with Gasteiger partial charge in [-0.05, 0) is 38.8 Å². The molecular weight excluding hydrogens is 158 g/mol. The van der Waals surface area contributed by atoms with Crippen molar-refractivity contribution in [3.8, 4) is 0 Å². The van der Waals surface area contributed by atoms with E-state index in [2.05, 4.69) is 17.9 Å². The van der Waals surface area contributed by atoms with Crippen LogP contribution in [-0.2, 0) is 0 Å². The van der Waals surface area contributed by atoms with Gasteiger partial charge in [0.1, 0.15) is 0 Å². The lowest BCUT2D eigenvalue weighted by Crippen LogP contribution is -2.24. The second kappa shape index (κ2) is 4.33. The Labute approximate surface area is 73.8 Å². The zero-order valence-corrected chi connectivity index (χ0v) is 7.85. The molecule has 0 aliphatic heterocycles. The quantitative estimate of drug-likeness (QED) is 0.551. The van der Waals surface area contributed by atoms with Gasteiger partial charge in [0.15, 0.2) is 0 Å². The summed E-state index contributed by atoms with van der Waals surface area (Å²) >= 11 is 4.30. The van der Waals surface area contributed by atoms with Gasteiger partial charge in [-0.15, -0.1) is 0 Å². The molecule has 0 aromatic carbocycles. The van der Waals surface area contributed by atoms with E-state index in [4.69, 9.17) is 0 Å². The summed E-state index contributed by atoms with van der Waals surface area (Å²) in [5.41, 5.74) is 0. The number of hydrogen-bond acceptors (Lipinski definition) is 3. The maximum atomic E-state index is 9.58. The summed E-state index contributed by atoms with van der Waals surface area (Å²) in [6, 6.07) is 0. The lowest BCUT2D eigenvalue weighted by molar-refractivity contribution is 0.133. The molecule has 1 fully saturated rings. The van der Waals surface area contributed by atoms with E-state index in [9.17, 15) is 5.11 Å². The Morgan fingerprint density at radius 2 is 2.27 bits per heavy atom. The van der Waals surface area contributed by atoms with Crippen LogP contribution in [0, 0.1) is 5.92 Å². The minimum Gasteiger partial charge on any atom is -0.392 e. The molecule has 3 heteroatoms. The molecule has 0 spiro atoms. The number of aliphatic hydroxyl groups is 1. The van der Waals surface area contributed by atoms with Crippen LogP contribution in [0.25, 0.3) is 0 Å². The van der Waals surface area contributed by atoms with E-state index in [1.54, 1.807) is 0 Å². The molecule has 1 aliphatic carbocycles. The molecule has 0 aromatic heterocycles. The van der Waals surface area contributed by atoms with Crippen molar-refractivity contribution in [2.45, 2.75) is 30.6 Å². The van der Waals surface area contributed by atoms with Crippen molar-refractivity contribution < 1.29 is 5.11 Å². The summed E-state index contributed by atoms with van der Waals surface area (Å²) in [4.78, 5) is 0. The first-order chi connectivity index (χ1) is 5.25. The fourth-order valence-electron chi connectivity index (χ4n) is 1.69. The first-order valence-electron chi connectivity index (χ1n) is 4.26. The average Bonchev–Trinajstić information content (AvgIpc) is 2.31. The Kier molecular flexibility index (Phi) is 3.69. The molecule has 0 aromatic rings. The second-order valence-electron chi connectivity index (χ2n) is 3.29. The number of rotatable bonds is 3. The Morgan fingerprint density at radius 3 is 2.73 bits per heavy atom. The Bertz CT molecular complexity index is 121. The minimum atomic E-state index is -0.174.